The fourth-order valence-electron chi connectivity index (χ4n) is 3.00. The van der Waals surface area contributed by atoms with Crippen molar-refractivity contribution in [2.75, 3.05) is 0 Å². The Balaban J connectivity index is -0.000000416. The predicted molar refractivity (Wildman–Crippen MR) is 117 cm³/mol. The molecule has 1 aliphatic rings. The van der Waals surface area contributed by atoms with E-state index in [1.807, 2.05) is 6.92 Å². The Morgan fingerprint density at radius 3 is 1.79 bits per heavy atom. The molecule has 0 bridgehead atoms. The van der Waals surface area contributed by atoms with Gasteiger partial charge in [0.15, 0.2) is 0 Å². The Morgan fingerprint density at radius 1 is 1.04 bits per heavy atom. The van der Waals surface area contributed by atoms with Crippen LogP contribution in [0.25, 0.3) is 0 Å². The van der Waals surface area contributed by atoms with Gasteiger partial charge in [0, 0.05) is 8.07 Å². The first kappa shape index (κ1) is 32.8. The van der Waals surface area contributed by atoms with Crippen LogP contribution in [0.1, 0.15) is 49.4 Å². The van der Waals surface area contributed by atoms with Crippen molar-refractivity contribution in [3.8, 4) is 5.75 Å². The fourth-order valence-corrected chi connectivity index (χ4v) is 5.00. The zero-order valence-electron chi connectivity index (χ0n) is 18.8. The summed E-state index contributed by atoms with van der Waals surface area (Å²) >= 11 is 1.75. The molecular formula is C22H34Cl2OSi2Ti-2. The average molecular weight is 489 g/mol. The largest absolute Gasteiger partial charge is 1.00 e. The van der Waals surface area contributed by atoms with E-state index in [2.05, 4.69) is 87.5 Å². The van der Waals surface area contributed by atoms with Crippen molar-refractivity contribution < 1.29 is 49.9 Å². The van der Waals surface area contributed by atoms with Crippen molar-refractivity contribution in [2.24, 2.45) is 0 Å². The maximum atomic E-state index is 10.0. The van der Waals surface area contributed by atoms with Crippen molar-refractivity contribution in [3.63, 3.8) is 0 Å². The number of phenols is 1. The molecule has 6 heteroatoms. The van der Waals surface area contributed by atoms with E-state index in [9.17, 15) is 5.11 Å². The summed E-state index contributed by atoms with van der Waals surface area (Å²) in [6.07, 6.45) is 8.82. The summed E-state index contributed by atoms with van der Waals surface area (Å²) < 4.78 is 0. The van der Waals surface area contributed by atoms with E-state index in [0.29, 0.717) is 5.75 Å². The molecule has 0 saturated heterocycles. The van der Waals surface area contributed by atoms with Crippen LogP contribution in [0.4, 0.5) is 0 Å². The summed E-state index contributed by atoms with van der Waals surface area (Å²) in [6.45, 7) is 19.7. The second-order valence-corrected chi connectivity index (χ2v) is 14.2. The maximum Gasteiger partial charge on any atom is -1.00 e. The topological polar surface area (TPSA) is 20.2 Å². The summed E-state index contributed by atoms with van der Waals surface area (Å²) in [5.74, 6) is 0.375. The molecular weight excluding hydrogens is 455 g/mol. The second kappa shape index (κ2) is 13.4. The van der Waals surface area contributed by atoms with Gasteiger partial charge in [0.2, 0.25) is 0 Å². The smallest absolute Gasteiger partial charge is 1.00 e. The third kappa shape index (κ3) is 8.85. The summed E-state index contributed by atoms with van der Waals surface area (Å²) in [5, 5.41) is 12.3. The third-order valence-electron chi connectivity index (χ3n) is 4.59. The predicted octanol–water partition coefficient (Wildman–Crippen LogP) is -1.06. The van der Waals surface area contributed by atoms with Crippen LogP contribution in [-0.4, -0.2) is 28.2 Å². The normalized spacial score (nSPS) is 12.5. The SMILES string of the molecule is C[Si](C)(C)C1=[C-]CC=C1.Cc1c(C)c(O)c([Si])c(C(C)(C)C)c1C.[CH2]=[Ti+].[Cl-].[Cl-]. The maximum absolute atomic E-state index is 10.0. The number of benzene rings is 1. The van der Waals surface area contributed by atoms with Gasteiger partial charge in [-0.15, -0.1) is 6.42 Å². The second-order valence-electron chi connectivity index (χ2n) is 8.67. The molecule has 28 heavy (non-hydrogen) atoms. The molecule has 0 atom stereocenters. The Morgan fingerprint density at radius 2 is 1.50 bits per heavy atom. The van der Waals surface area contributed by atoms with Gasteiger partial charge in [-0.2, -0.15) is 6.08 Å². The first-order valence-corrected chi connectivity index (χ1v) is 14.1. The Labute approximate surface area is 201 Å². The van der Waals surface area contributed by atoms with Gasteiger partial charge in [0.25, 0.3) is 0 Å². The molecule has 1 N–H and O–H groups in total. The number of rotatable bonds is 1. The Kier molecular flexibility index (Phi) is 15.7. The van der Waals surface area contributed by atoms with E-state index in [4.69, 9.17) is 0 Å². The summed E-state index contributed by atoms with van der Waals surface area (Å²) in [4.78, 5) is 3.25. The van der Waals surface area contributed by atoms with Gasteiger partial charge in [-0.25, -0.2) is 11.3 Å². The fraction of sp³-hybridized carbons (Fsp3) is 0.500. The molecule has 156 valence electrons. The first-order valence-electron chi connectivity index (χ1n) is 8.96. The Bertz CT molecular complexity index is 671. The minimum atomic E-state index is -1.01. The van der Waals surface area contributed by atoms with E-state index >= 15 is 0 Å². The monoisotopic (exact) mass is 488 g/mol. The van der Waals surface area contributed by atoms with Crippen LogP contribution in [0.15, 0.2) is 17.3 Å². The van der Waals surface area contributed by atoms with Gasteiger partial charge in [0.1, 0.15) is 5.75 Å². The Hall–Kier alpha value is 0.0981. The van der Waals surface area contributed by atoms with Crippen molar-refractivity contribution >= 4 is 28.3 Å². The quantitative estimate of drug-likeness (QED) is 0.394. The van der Waals surface area contributed by atoms with E-state index in [1.54, 1.807) is 20.0 Å². The first-order chi connectivity index (χ1) is 11.8. The molecule has 0 heterocycles. The molecule has 0 spiro atoms. The molecule has 0 aromatic heterocycles. The van der Waals surface area contributed by atoms with Crippen molar-refractivity contribution in [1.29, 1.82) is 0 Å². The standard InChI is InChI=1S/C13H19OSi.C8H13Si.CH2.2ClH.Ti/c1-7-8(2)10(13(4,5)6)12(15)11(14)9(7)3;1-9(2,3)8-6-4-5-7-8;;;;/h14H,1-6H3;4,6H,5H2,1-3H3;1H2;2*1H;/q;-1;;;;+1/p-2. The van der Waals surface area contributed by atoms with Crippen molar-refractivity contribution in [3.05, 3.63) is 45.7 Å². The molecule has 1 aliphatic carbocycles. The van der Waals surface area contributed by atoms with Gasteiger partial charge < -0.3 is 29.9 Å². The van der Waals surface area contributed by atoms with Crippen LogP contribution >= 0.6 is 0 Å². The van der Waals surface area contributed by atoms with Crippen LogP contribution in [0, 0.1) is 26.8 Å². The molecule has 0 unspecified atom stereocenters. The van der Waals surface area contributed by atoms with E-state index in [1.165, 1.54) is 21.9 Å². The number of hydrogen-bond acceptors (Lipinski definition) is 1. The minimum Gasteiger partial charge on any atom is -1.00 e. The number of phenolic OH excluding ortho intramolecular Hbond substituents is 1. The van der Waals surface area contributed by atoms with Crippen molar-refractivity contribution in [2.45, 2.75) is 73.0 Å². The molecule has 1 nitrogen and oxygen atoms in total. The zero-order chi connectivity index (χ0) is 20.9. The van der Waals surface area contributed by atoms with E-state index < -0.39 is 8.07 Å². The number of aromatic hydroxyl groups is 1. The summed E-state index contributed by atoms with van der Waals surface area (Å²) in [6, 6.07) is 0. The number of allylic oxidation sites excluding steroid dienone is 4. The van der Waals surface area contributed by atoms with Crippen LogP contribution in [0.3, 0.4) is 0 Å². The minimum absolute atomic E-state index is 0. The van der Waals surface area contributed by atoms with Crippen molar-refractivity contribution in [1.82, 2.24) is 0 Å². The molecule has 0 saturated carbocycles. The van der Waals surface area contributed by atoms with E-state index in [0.717, 1.165) is 17.2 Å². The molecule has 0 aliphatic heterocycles. The number of hydrogen-bond donors (Lipinski definition) is 1. The van der Waals surface area contributed by atoms with Crippen LogP contribution in [0.5, 0.6) is 5.75 Å². The van der Waals surface area contributed by atoms with Crippen LogP contribution < -0.4 is 30.0 Å². The van der Waals surface area contributed by atoms with Gasteiger partial charge in [0.05, 0.1) is 10.2 Å². The molecule has 1 aromatic carbocycles. The zero-order valence-corrected chi connectivity index (χ0v) is 23.8. The van der Waals surface area contributed by atoms with Gasteiger partial charge >= 0.3 is 24.8 Å². The molecule has 0 fully saturated rings. The molecule has 0 amide bonds. The van der Waals surface area contributed by atoms with Gasteiger partial charge in [-0.1, -0.05) is 40.4 Å². The third-order valence-corrected chi connectivity index (χ3v) is 7.04. The van der Waals surface area contributed by atoms with Crippen LogP contribution in [0.2, 0.25) is 19.6 Å². The average Bonchev–Trinajstić information content (AvgIpc) is 3.07. The molecule has 1 aromatic rings. The summed E-state index contributed by atoms with van der Waals surface area (Å²) in [5.41, 5.74) is 4.64. The van der Waals surface area contributed by atoms with Crippen LogP contribution in [-0.2, 0) is 25.4 Å². The van der Waals surface area contributed by atoms with Gasteiger partial charge in [-0.3, -0.25) is 6.08 Å². The number of halogens is 2. The molecule has 3 radical (unpaired) electrons. The molecule has 2 rings (SSSR count). The van der Waals surface area contributed by atoms with Gasteiger partial charge in [-0.05, 0) is 53.6 Å². The summed E-state index contributed by atoms with van der Waals surface area (Å²) in [7, 11) is 2.55. The van der Waals surface area contributed by atoms with E-state index in [-0.39, 0.29) is 30.2 Å².